The van der Waals surface area contributed by atoms with Crippen LogP contribution in [0.15, 0.2) is 82.0 Å². The minimum atomic E-state index is -0.715. The van der Waals surface area contributed by atoms with Crippen molar-refractivity contribution in [3.63, 3.8) is 0 Å². The first-order chi connectivity index (χ1) is 17.9. The van der Waals surface area contributed by atoms with E-state index in [1.54, 1.807) is 12.1 Å². The molecule has 0 N–H and O–H groups in total. The maximum absolute atomic E-state index is 11.4. The van der Waals surface area contributed by atoms with Crippen LogP contribution >= 0.6 is 0 Å². The van der Waals surface area contributed by atoms with E-state index in [1.165, 1.54) is 41.3 Å². The van der Waals surface area contributed by atoms with Gasteiger partial charge in [-0.25, -0.2) is 4.79 Å². The number of carbonyl (C=O) groups is 4. The SMILES string of the molecule is CC(=O)Oc1ccc2cc(C=O)c(=O)oc2c1.O=CCC(=O)OCC1c2ccccc2-c2ccccc21. The highest BCUT2D eigenvalue weighted by Gasteiger charge is 2.28. The van der Waals surface area contributed by atoms with Crippen molar-refractivity contribution in [3.8, 4) is 16.9 Å². The summed E-state index contributed by atoms with van der Waals surface area (Å²) in [6.45, 7) is 1.55. The normalized spacial score (nSPS) is 11.5. The van der Waals surface area contributed by atoms with Crippen molar-refractivity contribution in [1.82, 2.24) is 0 Å². The van der Waals surface area contributed by atoms with E-state index < -0.39 is 17.6 Å². The van der Waals surface area contributed by atoms with E-state index in [4.69, 9.17) is 13.9 Å². The lowest BCUT2D eigenvalue weighted by molar-refractivity contribution is -0.144. The molecule has 0 bridgehead atoms. The monoisotopic (exact) mass is 498 g/mol. The van der Waals surface area contributed by atoms with Crippen molar-refractivity contribution in [2.75, 3.05) is 6.61 Å². The van der Waals surface area contributed by atoms with Gasteiger partial charge in [-0.1, -0.05) is 48.5 Å². The van der Waals surface area contributed by atoms with Crippen LogP contribution in [0.5, 0.6) is 5.75 Å². The Balaban J connectivity index is 0.000000176. The number of rotatable bonds is 6. The van der Waals surface area contributed by atoms with Crippen molar-refractivity contribution in [2.24, 2.45) is 0 Å². The smallest absolute Gasteiger partial charge is 0.346 e. The predicted molar refractivity (Wildman–Crippen MR) is 135 cm³/mol. The molecule has 5 rings (SSSR count). The first-order valence-electron chi connectivity index (χ1n) is 11.4. The average molecular weight is 498 g/mol. The molecule has 0 fully saturated rings. The van der Waals surface area contributed by atoms with Crippen molar-refractivity contribution >= 4 is 35.5 Å². The number of hydrogen-bond acceptors (Lipinski definition) is 8. The molecule has 0 aliphatic heterocycles. The van der Waals surface area contributed by atoms with Gasteiger partial charge >= 0.3 is 17.6 Å². The summed E-state index contributed by atoms with van der Waals surface area (Å²) in [5.41, 5.74) is 4.24. The third kappa shape index (κ3) is 5.70. The Morgan fingerprint density at radius 1 is 0.919 bits per heavy atom. The van der Waals surface area contributed by atoms with Gasteiger partial charge in [0.1, 0.15) is 36.2 Å². The van der Waals surface area contributed by atoms with Crippen LogP contribution in [0, 0.1) is 0 Å². The average Bonchev–Trinajstić information content (AvgIpc) is 3.21. The van der Waals surface area contributed by atoms with Gasteiger partial charge in [-0.3, -0.25) is 14.4 Å². The molecular weight excluding hydrogens is 476 g/mol. The molecule has 0 amide bonds. The fraction of sp³-hybridized carbons (Fsp3) is 0.138. The summed E-state index contributed by atoms with van der Waals surface area (Å²) in [4.78, 5) is 54.3. The van der Waals surface area contributed by atoms with Gasteiger partial charge in [0.25, 0.3) is 0 Å². The second kappa shape index (κ2) is 11.3. The molecule has 0 saturated heterocycles. The Morgan fingerprint density at radius 3 is 2.16 bits per heavy atom. The molecule has 3 aromatic carbocycles. The summed E-state index contributed by atoms with van der Waals surface area (Å²) in [5, 5.41) is 0.586. The van der Waals surface area contributed by atoms with Gasteiger partial charge in [-0.15, -0.1) is 0 Å². The molecule has 1 aromatic heterocycles. The third-order valence-electron chi connectivity index (χ3n) is 5.75. The van der Waals surface area contributed by atoms with Crippen LogP contribution in [0.3, 0.4) is 0 Å². The number of aldehydes is 2. The molecule has 0 atom stereocenters. The quantitative estimate of drug-likeness (QED) is 0.126. The van der Waals surface area contributed by atoms with Gasteiger partial charge in [0, 0.05) is 24.3 Å². The molecule has 0 unspecified atom stereocenters. The Labute approximate surface area is 211 Å². The van der Waals surface area contributed by atoms with Crippen LogP contribution in [0.1, 0.15) is 40.7 Å². The topological polar surface area (TPSA) is 117 Å². The van der Waals surface area contributed by atoms with Crippen LogP contribution < -0.4 is 10.4 Å². The first-order valence-corrected chi connectivity index (χ1v) is 11.4. The maximum Gasteiger partial charge on any atom is 0.346 e. The van der Waals surface area contributed by atoms with Crippen LogP contribution in [-0.2, 0) is 19.1 Å². The molecule has 8 heteroatoms. The molecule has 1 aliphatic carbocycles. The fourth-order valence-corrected chi connectivity index (χ4v) is 4.16. The van der Waals surface area contributed by atoms with Gasteiger partial charge in [0.2, 0.25) is 0 Å². The second-order valence-corrected chi connectivity index (χ2v) is 8.18. The molecule has 0 radical (unpaired) electrons. The van der Waals surface area contributed by atoms with Crippen LogP contribution in [0.25, 0.3) is 22.1 Å². The van der Waals surface area contributed by atoms with Gasteiger partial charge < -0.3 is 18.7 Å². The number of benzene rings is 3. The molecule has 186 valence electrons. The third-order valence-corrected chi connectivity index (χ3v) is 5.75. The molecule has 37 heavy (non-hydrogen) atoms. The second-order valence-electron chi connectivity index (χ2n) is 8.18. The summed E-state index contributed by atoms with van der Waals surface area (Å²) in [6.07, 6.45) is 0.820. The Morgan fingerprint density at radius 2 is 1.57 bits per heavy atom. The van der Waals surface area contributed by atoms with Crippen LogP contribution in [0.2, 0.25) is 0 Å². The summed E-state index contributed by atoms with van der Waals surface area (Å²) in [5.74, 6) is -0.594. The van der Waals surface area contributed by atoms with Gasteiger partial charge in [-0.2, -0.15) is 0 Å². The highest BCUT2D eigenvalue weighted by atomic mass is 16.5. The molecular formula is C29H22O8. The van der Waals surface area contributed by atoms with Crippen molar-refractivity contribution in [3.05, 3.63) is 99.9 Å². The molecule has 1 heterocycles. The number of esters is 2. The Bertz CT molecular complexity index is 1500. The Hall–Kier alpha value is -4.85. The number of carbonyl (C=O) groups excluding carboxylic acids is 4. The standard InChI is InChI=1S/C17H14O3.C12H8O5/c18-10-9-17(19)20-11-16-14-7-3-1-5-12(14)13-6-2-4-8-15(13)16;1-7(14)16-10-3-2-8-4-9(6-13)12(15)17-11(8)5-10/h1-8,10,16H,9,11H2;2-6H,1H3. The Kier molecular flexibility index (Phi) is 7.68. The van der Waals surface area contributed by atoms with Gasteiger partial charge in [0.05, 0.1) is 0 Å². The first kappa shape index (κ1) is 25.2. The zero-order valence-electron chi connectivity index (χ0n) is 19.8. The molecule has 4 aromatic rings. The summed E-state index contributed by atoms with van der Waals surface area (Å²) >= 11 is 0. The fourth-order valence-electron chi connectivity index (χ4n) is 4.16. The van der Waals surface area contributed by atoms with E-state index >= 15 is 0 Å². The summed E-state index contributed by atoms with van der Waals surface area (Å²) in [6, 6.07) is 22.3. The highest BCUT2D eigenvalue weighted by Crippen LogP contribution is 2.44. The minimum absolute atomic E-state index is 0.0438. The highest BCUT2D eigenvalue weighted by molar-refractivity contribution is 5.86. The molecule has 0 spiro atoms. The zero-order chi connectivity index (χ0) is 26.4. The summed E-state index contributed by atoms with van der Waals surface area (Å²) in [7, 11) is 0. The van der Waals surface area contributed by atoms with Crippen molar-refractivity contribution in [2.45, 2.75) is 19.3 Å². The van der Waals surface area contributed by atoms with E-state index in [9.17, 15) is 24.0 Å². The maximum atomic E-state index is 11.4. The molecule has 8 nitrogen and oxygen atoms in total. The number of fused-ring (bicyclic) bond motifs is 4. The van der Waals surface area contributed by atoms with Crippen LogP contribution in [0.4, 0.5) is 0 Å². The van der Waals surface area contributed by atoms with E-state index in [1.807, 2.05) is 24.3 Å². The summed E-state index contributed by atoms with van der Waals surface area (Å²) < 4.78 is 15.0. The van der Waals surface area contributed by atoms with Crippen LogP contribution in [-0.4, -0.2) is 31.1 Å². The lowest BCUT2D eigenvalue weighted by Gasteiger charge is -2.13. The lowest BCUT2D eigenvalue weighted by atomic mass is 9.98. The van der Waals surface area contributed by atoms with Gasteiger partial charge in [0.15, 0.2) is 6.29 Å². The predicted octanol–water partition coefficient (Wildman–Crippen LogP) is 4.46. The molecule has 1 aliphatic rings. The van der Waals surface area contributed by atoms with E-state index in [0.717, 1.165) is 0 Å². The van der Waals surface area contributed by atoms with Crippen molar-refractivity contribution in [1.29, 1.82) is 0 Å². The largest absolute Gasteiger partial charge is 0.464 e. The zero-order valence-corrected chi connectivity index (χ0v) is 19.8. The molecule has 0 saturated carbocycles. The van der Waals surface area contributed by atoms with E-state index in [0.29, 0.717) is 18.0 Å². The van der Waals surface area contributed by atoms with E-state index in [-0.39, 0.29) is 35.8 Å². The minimum Gasteiger partial charge on any atom is -0.464 e. The van der Waals surface area contributed by atoms with E-state index in [2.05, 4.69) is 24.3 Å². The number of ether oxygens (including phenoxy) is 2. The van der Waals surface area contributed by atoms with Crippen molar-refractivity contribution < 1.29 is 33.1 Å². The number of hydrogen-bond donors (Lipinski definition) is 0. The lowest BCUT2D eigenvalue weighted by Crippen LogP contribution is -2.12. The van der Waals surface area contributed by atoms with Gasteiger partial charge in [-0.05, 0) is 40.5 Å².